The Balaban J connectivity index is 1.91. The van der Waals surface area contributed by atoms with Gasteiger partial charge in [0.05, 0.1) is 6.54 Å². The maximum Gasteiger partial charge on any atom is 0.193 e. The molecular formula is C12H13ClN2O. The Hall–Kier alpha value is -1.32. The van der Waals surface area contributed by atoms with E-state index in [9.17, 15) is 0 Å². The molecule has 0 bridgehead atoms. The number of furan rings is 1. The van der Waals surface area contributed by atoms with E-state index in [-0.39, 0.29) is 6.04 Å². The number of hydrogen-bond donors (Lipinski definition) is 1. The predicted molar refractivity (Wildman–Crippen MR) is 63.2 cm³/mol. The molecule has 2 heterocycles. The third-order valence-corrected chi connectivity index (χ3v) is 2.62. The van der Waals surface area contributed by atoms with Crippen LogP contribution in [0, 0.1) is 0 Å². The SMILES string of the molecule is C[C@@H](NCc1ccc(Cl)o1)c1ccncc1. The van der Waals surface area contributed by atoms with Gasteiger partial charge in [0.1, 0.15) is 5.76 Å². The molecule has 0 fully saturated rings. The molecule has 0 saturated carbocycles. The van der Waals surface area contributed by atoms with E-state index in [0.29, 0.717) is 11.8 Å². The van der Waals surface area contributed by atoms with Gasteiger partial charge in [-0.25, -0.2) is 0 Å². The number of hydrogen-bond acceptors (Lipinski definition) is 3. The Morgan fingerprint density at radius 3 is 2.69 bits per heavy atom. The molecule has 0 saturated heterocycles. The van der Waals surface area contributed by atoms with Gasteiger partial charge in [0.25, 0.3) is 0 Å². The molecule has 0 radical (unpaired) electrons. The van der Waals surface area contributed by atoms with E-state index in [1.165, 1.54) is 5.56 Å². The van der Waals surface area contributed by atoms with Gasteiger partial charge in [-0.3, -0.25) is 4.98 Å². The van der Waals surface area contributed by atoms with E-state index in [0.717, 1.165) is 5.76 Å². The van der Waals surface area contributed by atoms with Gasteiger partial charge in [-0.2, -0.15) is 0 Å². The molecule has 1 atom stereocenters. The normalized spacial score (nSPS) is 12.6. The number of nitrogens with one attached hydrogen (secondary N) is 1. The first kappa shape index (κ1) is 11.2. The number of nitrogens with zero attached hydrogens (tertiary/aromatic N) is 1. The smallest absolute Gasteiger partial charge is 0.193 e. The Bertz CT molecular complexity index is 441. The Morgan fingerprint density at radius 2 is 2.06 bits per heavy atom. The van der Waals surface area contributed by atoms with E-state index in [1.807, 2.05) is 18.2 Å². The van der Waals surface area contributed by atoms with Gasteiger partial charge in [0.2, 0.25) is 0 Å². The van der Waals surface area contributed by atoms with E-state index in [4.69, 9.17) is 16.0 Å². The zero-order valence-corrected chi connectivity index (χ0v) is 9.74. The summed E-state index contributed by atoms with van der Waals surface area (Å²) in [5, 5.41) is 3.77. The molecule has 0 aliphatic rings. The molecule has 1 N–H and O–H groups in total. The summed E-state index contributed by atoms with van der Waals surface area (Å²) in [6.45, 7) is 2.76. The van der Waals surface area contributed by atoms with Crippen LogP contribution in [0.1, 0.15) is 24.3 Å². The van der Waals surface area contributed by atoms with Crippen molar-refractivity contribution in [3.05, 3.63) is 53.2 Å². The van der Waals surface area contributed by atoms with E-state index >= 15 is 0 Å². The van der Waals surface area contributed by atoms with Crippen LogP contribution in [0.15, 0.2) is 41.1 Å². The van der Waals surface area contributed by atoms with E-state index in [2.05, 4.69) is 17.2 Å². The molecule has 3 nitrogen and oxygen atoms in total. The van der Waals surface area contributed by atoms with Gasteiger partial charge >= 0.3 is 0 Å². The van der Waals surface area contributed by atoms with Crippen molar-refractivity contribution in [2.75, 3.05) is 0 Å². The van der Waals surface area contributed by atoms with Crippen LogP contribution >= 0.6 is 11.6 Å². The molecule has 0 spiro atoms. The molecule has 4 heteroatoms. The van der Waals surface area contributed by atoms with Crippen LogP contribution in [-0.2, 0) is 6.54 Å². The number of halogens is 1. The van der Waals surface area contributed by atoms with Crippen LogP contribution in [0.25, 0.3) is 0 Å². The second kappa shape index (κ2) is 5.14. The van der Waals surface area contributed by atoms with Crippen molar-refractivity contribution in [2.24, 2.45) is 0 Å². The highest BCUT2D eigenvalue weighted by Gasteiger charge is 2.05. The standard InChI is InChI=1S/C12H13ClN2O/c1-9(10-4-6-14-7-5-10)15-8-11-2-3-12(13)16-11/h2-7,9,15H,8H2,1H3/t9-/m1/s1. The monoisotopic (exact) mass is 236 g/mol. The molecule has 0 unspecified atom stereocenters. The van der Waals surface area contributed by atoms with Crippen molar-refractivity contribution in [1.29, 1.82) is 0 Å². The van der Waals surface area contributed by atoms with Crippen molar-refractivity contribution >= 4 is 11.6 Å². The maximum absolute atomic E-state index is 5.69. The molecule has 0 aromatic carbocycles. The Labute approximate surface area is 99.5 Å². The van der Waals surface area contributed by atoms with Crippen molar-refractivity contribution in [1.82, 2.24) is 10.3 Å². The molecule has 2 aromatic rings. The average molecular weight is 237 g/mol. The summed E-state index contributed by atoms with van der Waals surface area (Å²) in [7, 11) is 0. The topological polar surface area (TPSA) is 38.1 Å². The van der Waals surface area contributed by atoms with Crippen molar-refractivity contribution in [2.45, 2.75) is 19.5 Å². The molecule has 0 amide bonds. The number of pyridine rings is 1. The Morgan fingerprint density at radius 1 is 1.31 bits per heavy atom. The fourth-order valence-electron chi connectivity index (χ4n) is 1.47. The van der Waals surface area contributed by atoms with Crippen LogP contribution in [0.4, 0.5) is 0 Å². The van der Waals surface area contributed by atoms with Crippen LogP contribution < -0.4 is 5.32 Å². The molecule has 0 aliphatic heterocycles. The fraction of sp³-hybridized carbons (Fsp3) is 0.250. The van der Waals surface area contributed by atoms with Crippen molar-refractivity contribution < 1.29 is 4.42 Å². The van der Waals surface area contributed by atoms with Crippen molar-refractivity contribution in [3.63, 3.8) is 0 Å². The molecule has 16 heavy (non-hydrogen) atoms. The minimum atomic E-state index is 0.256. The first-order valence-electron chi connectivity index (χ1n) is 5.13. The van der Waals surface area contributed by atoms with Crippen LogP contribution in [0.5, 0.6) is 0 Å². The van der Waals surface area contributed by atoms with Gasteiger partial charge < -0.3 is 9.73 Å². The lowest BCUT2D eigenvalue weighted by molar-refractivity contribution is 0.461. The first-order valence-corrected chi connectivity index (χ1v) is 5.51. The number of rotatable bonds is 4. The van der Waals surface area contributed by atoms with Gasteiger partial charge in [-0.05, 0) is 48.4 Å². The molecule has 2 rings (SSSR count). The zero-order chi connectivity index (χ0) is 11.4. The van der Waals surface area contributed by atoms with Gasteiger partial charge in [0, 0.05) is 18.4 Å². The fourth-order valence-corrected chi connectivity index (χ4v) is 1.63. The predicted octanol–water partition coefficient (Wildman–Crippen LogP) is 3.18. The minimum absolute atomic E-state index is 0.256. The maximum atomic E-state index is 5.69. The van der Waals surface area contributed by atoms with Crippen LogP contribution in [0.2, 0.25) is 5.22 Å². The van der Waals surface area contributed by atoms with Crippen LogP contribution in [0.3, 0.4) is 0 Å². The summed E-state index contributed by atoms with van der Waals surface area (Å²) in [6, 6.07) is 7.86. The number of aromatic nitrogens is 1. The highest BCUT2D eigenvalue weighted by molar-refractivity contribution is 6.28. The summed E-state index contributed by atoms with van der Waals surface area (Å²) < 4.78 is 5.26. The third-order valence-electron chi connectivity index (χ3n) is 2.42. The van der Waals surface area contributed by atoms with E-state index in [1.54, 1.807) is 18.5 Å². The first-order chi connectivity index (χ1) is 7.75. The lowest BCUT2D eigenvalue weighted by atomic mass is 10.1. The molecular weight excluding hydrogens is 224 g/mol. The third kappa shape index (κ3) is 2.84. The largest absolute Gasteiger partial charge is 0.448 e. The summed E-state index contributed by atoms with van der Waals surface area (Å²) in [6.07, 6.45) is 3.58. The van der Waals surface area contributed by atoms with E-state index < -0.39 is 0 Å². The van der Waals surface area contributed by atoms with Gasteiger partial charge in [0.15, 0.2) is 5.22 Å². The quantitative estimate of drug-likeness (QED) is 0.886. The summed E-state index contributed by atoms with van der Waals surface area (Å²) in [4.78, 5) is 3.99. The highest BCUT2D eigenvalue weighted by Crippen LogP contribution is 2.15. The zero-order valence-electron chi connectivity index (χ0n) is 8.98. The summed E-state index contributed by atoms with van der Waals surface area (Å²) in [5.74, 6) is 0.839. The summed E-state index contributed by atoms with van der Waals surface area (Å²) >= 11 is 5.69. The van der Waals surface area contributed by atoms with Crippen LogP contribution in [-0.4, -0.2) is 4.98 Å². The van der Waals surface area contributed by atoms with Crippen molar-refractivity contribution in [3.8, 4) is 0 Å². The van der Waals surface area contributed by atoms with Gasteiger partial charge in [-0.1, -0.05) is 0 Å². The second-order valence-corrected chi connectivity index (χ2v) is 3.96. The lowest BCUT2D eigenvalue weighted by Crippen LogP contribution is -2.17. The van der Waals surface area contributed by atoms with Gasteiger partial charge in [-0.15, -0.1) is 0 Å². The second-order valence-electron chi connectivity index (χ2n) is 3.59. The Kier molecular flexibility index (Phi) is 3.59. The molecule has 2 aromatic heterocycles. The molecule has 0 aliphatic carbocycles. The average Bonchev–Trinajstić information content (AvgIpc) is 2.73. The lowest BCUT2D eigenvalue weighted by Gasteiger charge is -2.12. The highest BCUT2D eigenvalue weighted by atomic mass is 35.5. The molecule has 84 valence electrons. The summed E-state index contributed by atoms with van der Waals surface area (Å²) in [5.41, 5.74) is 1.20. The minimum Gasteiger partial charge on any atom is -0.448 e.